The van der Waals surface area contributed by atoms with Gasteiger partial charge in [0.05, 0.1) is 5.69 Å². The first-order valence-electron chi connectivity index (χ1n) is 7.57. The van der Waals surface area contributed by atoms with E-state index < -0.39 is 0 Å². The molecule has 3 rings (SSSR count). The van der Waals surface area contributed by atoms with Crippen LogP contribution in [0.4, 0.5) is 0 Å². The molecule has 0 aliphatic rings. The Hall–Kier alpha value is -2.46. The molecule has 0 fully saturated rings. The highest BCUT2D eigenvalue weighted by Crippen LogP contribution is 2.26. The molecule has 2 aromatic carbocycles. The summed E-state index contributed by atoms with van der Waals surface area (Å²) in [6.45, 7) is 2.68. The Balaban J connectivity index is 1.58. The summed E-state index contributed by atoms with van der Waals surface area (Å²) in [5.41, 5.74) is 4.11. The number of rotatable bonds is 5. The van der Waals surface area contributed by atoms with Crippen LogP contribution in [0, 0.1) is 6.92 Å². The number of carbonyl (C=O) groups is 1. The number of amides is 1. The van der Waals surface area contributed by atoms with Crippen molar-refractivity contribution >= 4 is 17.2 Å². The fourth-order valence-electron chi connectivity index (χ4n) is 2.35. The van der Waals surface area contributed by atoms with Crippen LogP contribution in [0.2, 0.25) is 0 Å². The van der Waals surface area contributed by atoms with E-state index in [4.69, 9.17) is 0 Å². The predicted molar refractivity (Wildman–Crippen MR) is 94.8 cm³/mol. The lowest BCUT2D eigenvalue weighted by molar-refractivity contribution is 0.0954. The zero-order valence-corrected chi connectivity index (χ0v) is 13.8. The Morgan fingerprint density at radius 2 is 1.83 bits per heavy atom. The third kappa shape index (κ3) is 3.85. The average molecular weight is 322 g/mol. The second kappa shape index (κ2) is 7.20. The van der Waals surface area contributed by atoms with Crippen molar-refractivity contribution in [1.82, 2.24) is 10.3 Å². The molecular weight excluding hydrogens is 304 g/mol. The summed E-state index contributed by atoms with van der Waals surface area (Å²) in [4.78, 5) is 16.7. The molecule has 3 aromatic rings. The number of carbonyl (C=O) groups excluding carboxylic acids is 1. The Morgan fingerprint density at radius 3 is 2.61 bits per heavy atom. The summed E-state index contributed by atoms with van der Waals surface area (Å²) >= 11 is 1.65. The largest absolute Gasteiger partial charge is 0.352 e. The van der Waals surface area contributed by atoms with E-state index in [1.807, 2.05) is 42.5 Å². The van der Waals surface area contributed by atoms with Crippen LogP contribution in [0.25, 0.3) is 10.6 Å². The first-order chi connectivity index (χ1) is 11.2. The van der Waals surface area contributed by atoms with Gasteiger partial charge in [-0.3, -0.25) is 4.79 Å². The van der Waals surface area contributed by atoms with Gasteiger partial charge in [0.2, 0.25) is 0 Å². The third-order valence-electron chi connectivity index (χ3n) is 3.63. The number of thiazole rings is 1. The highest BCUT2D eigenvalue weighted by atomic mass is 32.1. The van der Waals surface area contributed by atoms with Crippen LogP contribution in [0.15, 0.2) is 60.0 Å². The summed E-state index contributed by atoms with van der Waals surface area (Å²) in [5.74, 6) is -0.0417. The van der Waals surface area contributed by atoms with Crippen LogP contribution in [-0.2, 0) is 6.42 Å². The quantitative estimate of drug-likeness (QED) is 0.768. The lowest BCUT2D eigenvalue weighted by atomic mass is 10.1. The SMILES string of the molecule is Cc1ccccc1-c1nc(CCNC(=O)c2ccccc2)cs1. The fraction of sp³-hybridized carbons (Fsp3) is 0.158. The second-order valence-corrected chi connectivity index (χ2v) is 6.19. The van der Waals surface area contributed by atoms with E-state index >= 15 is 0 Å². The van der Waals surface area contributed by atoms with E-state index in [1.54, 1.807) is 11.3 Å². The van der Waals surface area contributed by atoms with Gasteiger partial charge >= 0.3 is 0 Å². The van der Waals surface area contributed by atoms with Crippen LogP contribution >= 0.6 is 11.3 Å². The van der Waals surface area contributed by atoms with Crippen molar-refractivity contribution in [2.45, 2.75) is 13.3 Å². The van der Waals surface area contributed by atoms with E-state index in [9.17, 15) is 4.79 Å². The summed E-state index contributed by atoms with van der Waals surface area (Å²) < 4.78 is 0. The highest BCUT2D eigenvalue weighted by molar-refractivity contribution is 7.13. The van der Waals surface area contributed by atoms with E-state index in [-0.39, 0.29) is 5.91 Å². The van der Waals surface area contributed by atoms with Gasteiger partial charge in [0.1, 0.15) is 5.01 Å². The fourth-order valence-corrected chi connectivity index (χ4v) is 3.30. The van der Waals surface area contributed by atoms with Crippen LogP contribution < -0.4 is 5.32 Å². The van der Waals surface area contributed by atoms with Crippen molar-refractivity contribution in [3.63, 3.8) is 0 Å². The van der Waals surface area contributed by atoms with E-state index in [0.717, 1.165) is 17.1 Å². The first kappa shape index (κ1) is 15.4. The van der Waals surface area contributed by atoms with Crippen molar-refractivity contribution in [2.75, 3.05) is 6.54 Å². The molecule has 0 unspecified atom stereocenters. The smallest absolute Gasteiger partial charge is 0.251 e. The number of benzene rings is 2. The maximum absolute atomic E-state index is 12.0. The number of aromatic nitrogens is 1. The standard InChI is InChI=1S/C19H18N2OS/c1-14-7-5-6-10-17(14)19-21-16(13-23-19)11-12-20-18(22)15-8-3-2-4-9-15/h2-10,13H,11-12H2,1H3,(H,20,22). The molecule has 3 nitrogen and oxygen atoms in total. The molecule has 1 amide bonds. The van der Waals surface area contributed by atoms with E-state index in [1.165, 1.54) is 11.1 Å². The molecular formula is C19H18N2OS. The minimum atomic E-state index is -0.0417. The van der Waals surface area contributed by atoms with Gasteiger partial charge in [-0.05, 0) is 24.6 Å². The molecule has 1 heterocycles. The molecule has 0 atom stereocenters. The van der Waals surface area contributed by atoms with Gasteiger partial charge in [-0.1, -0.05) is 42.5 Å². The molecule has 1 aromatic heterocycles. The number of nitrogens with one attached hydrogen (secondary N) is 1. The lowest BCUT2D eigenvalue weighted by Gasteiger charge is -2.04. The summed E-state index contributed by atoms with van der Waals surface area (Å²) in [6, 6.07) is 17.5. The van der Waals surface area contributed by atoms with Gasteiger partial charge in [0.25, 0.3) is 5.91 Å². The molecule has 0 aliphatic carbocycles. The van der Waals surface area contributed by atoms with Gasteiger partial charge in [-0.25, -0.2) is 4.98 Å². The number of hydrogen-bond acceptors (Lipinski definition) is 3. The maximum Gasteiger partial charge on any atom is 0.251 e. The number of aryl methyl sites for hydroxylation is 1. The highest BCUT2D eigenvalue weighted by Gasteiger charge is 2.08. The maximum atomic E-state index is 12.0. The van der Waals surface area contributed by atoms with Gasteiger partial charge in [-0.15, -0.1) is 11.3 Å². The van der Waals surface area contributed by atoms with Crippen LogP contribution in [-0.4, -0.2) is 17.4 Å². The lowest BCUT2D eigenvalue weighted by Crippen LogP contribution is -2.25. The molecule has 4 heteroatoms. The monoisotopic (exact) mass is 322 g/mol. The number of nitrogens with zero attached hydrogens (tertiary/aromatic N) is 1. The van der Waals surface area contributed by atoms with Crippen molar-refractivity contribution < 1.29 is 4.79 Å². The zero-order valence-electron chi connectivity index (χ0n) is 13.0. The molecule has 0 bridgehead atoms. The first-order valence-corrected chi connectivity index (χ1v) is 8.45. The minimum absolute atomic E-state index is 0.0417. The van der Waals surface area contributed by atoms with Gasteiger partial charge < -0.3 is 5.32 Å². The summed E-state index contributed by atoms with van der Waals surface area (Å²) in [6.07, 6.45) is 0.737. The normalized spacial score (nSPS) is 10.5. The predicted octanol–water partition coefficient (Wildman–Crippen LogP) is 4.09. The van der Waals surface area contributed by atoms with Crippen molar-refractivity contribution in [3.8, 4) is 10.6 Å². The zero-order chi connectivity index (χ0) is 16.1. The molecule has 23 heavy (non-hydrogen) atoms. The van der Waals surface area contributed by atoms with Gasteiger partial charge in [0.15, 0.2) is 0 Å². The molecule has 0 aliphatic heterocycles. The van der Waals surface area contributed by atoms with Crippen molar-refractivity contribution in [2.24, 2.45) is 0 Å². The van der Waals surface area contributed by atoms with Crippen LogP contribution in [0.1, 0.15) is 21.6 Å². The minimum Gasteiger partial charge on any atom is -0.352 e. The summed E-state index contributed by atoms with van der Waals surface area (Å²) in [5, 5.41) is 6.03. The average Bonchev–Trinajstić information content (AvgIpc) is 3.04. The Bertz CT molecular complexity index is 796. The third-order valence-corrected chi connectivity index (χ3v) is 4.55. The van der Waals surface area contributed by atoms with Crippen molar-refractivity contribution in [1.29, 1.82) is 0 Å². The van der Waals surface area contributed by atoms with E-state index in [0.29, 0.717) is 12.1 Å². The number of hydrogen-bond donors (Lipinski definition) is 1. The molecule has 0 saturated carbocycles. The molecule has 0 spiro atoms. The van der Waals surface area contributed by atoms with Crippen LogP contribution in [0.5, 0.6) is 0 Å². The molecule has 0 radical (unpaired) electrons. The van der Waals surface area contributed by atoms with Crippen LogP contribution in [0.3, 0.4) is 0 Å². The van der Waals surface area contributed by atoms with Gasteiger partial charge in [0, 0.05) is 29.5 Å². The Morgan fingerprint density at radius 1 is 1.09 bits per heavy atom. The Kier molecular flexibility index (Phi) is 4.83. The second-order valence-electron chi connectivity index (χ2n) is 5.33. The topological polar surface area (TPSA) is 42.0 Å². The Labute approximate surface area is 140 Å². The molecule has 116 valence electrons. The molecule has 1 N–H and O–H groups in total. The molecule has 0 saturated heterocycles. The van der Waals surface area contributed by atoms with E-state index in [2.05, 4.69) is 34.7 Å². The van der Waals surface area contributed by atoms with Crippen molar-refractivity contribution in [3.05, 3.63) is 76.8 Å². The van der Waals surface area contributed by atoms with Gasteiger partial charge in [-0.2, -0.15) is 0 Å². The summed E-state index contributed by atoms with van der Waals surface area (Å²) in [7, 11) is 0.